The minimum atomic E-state index is -0.629. The molecule has 0 aliphatic rings. The van der Waals surface area contributed by atoms with Gasteiger partial charge in [-0.1, -0.05) is 87.4 Å². The molecule has 3 N–H and O–H groups in total. The van der Waals surface area contributed by atoms with E-state index in [-0.39, 0.29) is 29.8 Å². The number of amides is 1. The highest BCUT2D eigenvalue weighted by atomic mass is 16.2. The van der Waals surface area contributed by atoms with Crippen LogP contribution in [0.3, 0.4) is 0 Å². The highest BCUT2D eigenvalue weighted by Crippen LogP contribution is 2.30. The Morgan fingerprint density at radius 2 is 1.50 bits per heavy atom. The van der Waals surface area contributed by atoms with Gasteiger partial charge < -0.3 is 10.6 Å². The van der Waals surface area contributed by atoms with Crippen LogP contribution in [0.2, 0.25) is 0 Å². The highest BCUT2D eigenvalue weighted by molar-refractivity contribution is 5.96. The fourth-order valence-corrected chi connectivity index (χ4v) is 4.14. The second-order valence-electron chi connectivity index (χ2n) is 8.48. The molecule has 7 nitrogen and oxygen atoms in total. The normalized spacial score (nSPS) is 11.0. The largest absolute Gasteiger partial charge is 0.383 e. The molecular weight excluding hydrogens is 428 g/mol. The molecule has 180 valence electrons. The van der Waals surface area contributed by atoms with Gasteiger partial charge in [-0.05, 0) is 24.0 Å². The summed E-state index contributed by atoms with van der Waals surface area (Å²) in [6, 6.07) is 19.7. The lowest BCUT2D eigenvalue weighted by Gasteiger charge is -2.27. The molecular formula is C27H34N4O3. The Hall–Kier alpha value is -3.61. The molecule has 0 fully saturated rings. The number of carbonyl (C=O) groups excluding carboxylic acids is 1. The number of nitrogens with zero attached hydrogens (tertiary/aromatic N) is 2. The number of nitrogen functional groups attached to an aromatic ring is 1. The number of unbranched alkanes of at least 4 members (excludes halogenated alkanes) is 2. The minimum Gasteiger partial charge on any atom is -0.383 e. The maximum atomic E-state index is 13.8. The van der Waals surface area contributed by atoms with Crippen LogP contribution in [0.15, 0.2) is 70.3 Å². The molecule has 0 saturated heterocycles. The number of anilines is 2. The summed E-state index contributed by atoms with van der Waals surface area (Å²) in [4.78, 5) is 42.9. The zero-order chi connectivity index (χ0) is 24.5. The SMILES string of the molecule is CCCCN(C(=O)CC(c1ccccc1)c1ccccc1)c1c(N)n(CCCC)c(=O)[nH]c1=O. The smallest absolute Gasteiger partial charge is 0.330 e. The van der Waals surface area contributed by atoms with Crippen LogP contribution in [0, 0.1) is 0 Å². The number of hydrogen-bond acceptors (Lipinski definition) is 4. The second kappa shape index (κ2) is 12.0. The molecule has 0 atom stereocenters. The van der Waals surface area contributed by atoms with Crippen molar-refractivity contribution in [1.29, 1.82) is 0 Å². The molecule has 2 aromatic carbocycles. The van der Waals surface area contributed by atoms with Crippen molar-refractivity contribution in [2.24, 2.45) is 0 Å². The maximum Gasteiger partial charge on any atom is 0.330 e. The van der Waals surface area contributed by atoms with Crippen molar-refractivity contribution in [2.75, 3.05) is 17.2 Å². The van der Waals surface area contributed by atoms with Gasteiger partial charge in [-0.3, -0.25) is 19.1 Å². The molecule has 0 radical (unpaired) electrons. The third kappa shape index (κ3) is 5.84. The van der Waals surface area contributed by atoms with E-state index in [4.69, 9.17) is 5.73 Å². The van der Waals surface area contributed by atoms with E-state index in [0.29, 0.717) is 19.5 Å². The van der Waals surface area contributed by atoms with E-state index in [1.54, 1.807) is 0 Å². The standard InChI is InChI=1S/C27H34N4O3/c1-3-5-17-30(24-25(28)31(18-6-4-2)27(34)29-26(24)33)23(32)19-22(20-13-9-7-10-14-20)21-15-11-8-12-16-21/h7-16,22H,3-6,17-19,28H2,1-2H3,(H,29,33,34). The van der Waals surface area contributed by atoms with Gasteiger partial charge in [-0.25, -0.2) is 4.79 Å². The Morgan fingerprint density at radius 3 is 2.03 bits per heavy atom. The van der Waals surface area contributed by atoms with Crippen molar-refractivity contribution in [3.8, 4) is 0 Å². The molecule has 1 heterocycles. The first kappa shape index (κ1) is 25.0. The molecule has 0 bridgehead atoms. The fourth-order valence-electron chi connectivity index (χ4n) is 4.14. The Balaban J connectivity index is 2.03. The predicted molar refractivity (Wildman–Crippen MR) is 137 cm³/mol. The first-order valence-corrected chi connectivity index (χ1v) is 12.0. The summed E-state index contributed by atoms with van der Waals surface area (Å²) in [5, 5.41) is 0. The maximum absolute atomic E-state index is 13.8. The zero-order valence-corrected chi connectivity index (χ0v) is 20.0. The summed E-state index contributed by atoms with van der Waals surface area (Å²) in [6.45, 7) is 4.77. The van der Waals surface area contributed by atoms with E-state index >= 15 is 0 Å². The van der Waals surface area contributed by atoms with Gasteiger partial charge >= 0.3 is 5.69 Å². The van der Waals surface area contributed by atoms with Crippen LogP contribution in [0.25, 0.3) is 0 Å². The number of benzene rings is 2. The average Bonchev–Trinajstić information content (AvgIpc) is 2.85. The summed E-state index contributed by atoms with van der Waals surface area (Å²) in [5.41, 5.74) is 7.27. The molecule has 7 heteroatoms. The average molecular weight is 463 g/mol. The van der Waals surface area contributed by atoms with Gasteiger partial charge in [0.25, 0.3) is 5.56 Å². The summed E-state index contributed by atoms with van der Waals surface area (Å²) in [5.74, 6) is -0.336. The summed E-state index contributed by atoms with van der Waals surface area (Å²) in [6.07, 6.45) is 3.33. The molecule has 0 spiro atoms. The lowest BCUT2D eigenvalue weighted by atomic mass is 9.88. The number of nitrogens with one attached hydrogen (secondary N) is 1. The van der Waals surface area contributed by atoms with Crippen LogP contribution >= 0.6 is 0 Å². The Bertz CT molecular complexity index is 1150. The van der Waals surface area contributed by atoms with Crippen LogP contribution < -0.4 is 21.9 Å². The highest BCUT2D eigenvalue weighted by Gasteiger charge is 2.27. The van der Waals surface area contributed by atoms with Gasteiger partial charge in [0.05, 0.1) is 0 Å². The van der Waals surface area contributed by atoms with Crippen molar-refractivity contribution in [3.63, 3.8) is 0 Å². The van der Waals surface area contributed by atoms with Gasteiger partial charge in [0.2, 0.25) is 5.91 Å². The first-order chi connectivity index (χ1) is 16.5. The Morgan fingerprint density at radius 1 is 0.941 bits per heavy atom. The van der Waals surface area contributed by atoms with E-state index in [9.17, 15) is 14.4 Å². The van der Waals surface area contributed by atoms with Gasteiger partial charge in [0.1, 0.15) is 5.82 Å². The van der Waals surface area contributed by atoms with E-state index in [1.807, 2.05) is 74.5 Å². The third-order valence-corrected chi connectivity index (χ3v) is 6.04. The number of aromatic amines is 1. The minimum absolute atomic E-state index is 0.0441. The monoisotopic (exact) mass is 462 g/mol. The van der Waals surface area contributed by atoms with E-state index in [0.717, 1.165) is 30.4 Å². The Labute approximate surface area is 200 Å². The van der Waals surface area contributed by atoms with Crippen molar-refractivity contribution in [2.45, 2.75) is 58.4 Å². The van der Waals surface area contributed by atoms with E-state index in [2.05, 4.69) is 4.98 Å². The lowest BCUT2D eigenvalue weighted by Crippen LogP contribution is -2.42. The van der Waals surface area contributed by atoms with E-state index < -0.39 is 11.2 Å². The van der Waals surface area contributed by atoms with Gasteiger partial charge in [-0.15, -0.1) is 0 Å². The predicted octanol–water partition coefficient (Wildman–Crippen LogP) is 4.27. The van der Waals surface area contributed by atoms with Crippen molar-refractivity contribution < 1.29 is 4.79 Å². The third-order valence-electron chi connectivity index (χ3n) is 6.04. The molecule has 0 aliphatic heterocycles. The summed E-state index contributed by atoms with van der Waals surface area (Å²) >= 11 is 0. The van der Waals surface area contributed by atoms with Gasteiger partial charge in [0, 0.05) is 25.4 Å². The zero-order valence-electron chi connectivity index (χ0n) is 20.0. The first-order valence-electron chi connectivity index (χ1n) is 12.0. The molecule has 1 amide bonds. The number of nitrogens with two attached hydrogens (primary N) is 1. The van der Waals surface area contributed by atoms with Crippen LogP contribution in [0.4, 0.5) is 11.5 Å². The fraction of sp³-hybridized carbons (Fsp3) is 0.370. The van der Waals surface area contributed by atoms with Crippen LogP contribution in [-0.2, 0) is 11.3 Å². The number of rotatable bonds is 11. The quantitative estimate of drug-likeness (QED) is 0.444. The van der Waals surface area contributed by atoms with Crippen LogP contribution in [-0.4, -0.2) is 22.0 Å². The summed E-state index contributed by atoms with van der Waals surface area (Å²) in [7, 11) is 0. The Kier molecular flexibility index (Phi) is 8.85. The molecule has 3 aromatic rings. The number of hydrogen-bond donors (Lipinski definition) is 2. The second-order valence-corrected chi connectivity index (χ2v) is 8.48. The van der Waals surface area contributed by atoms with Crippen LogP contribution in [0.1, 0.15) is 63.0 Å². The van der Waals surface area contributed by atoms with Crippen molar-refractivity contribution in [3.05, 3.63) is 92.6 Å². The number of aromatic nitrogens is 2. The molecule has 3 rings (SSSR count). The van der Waals surface area contributed by atoms with E-state index in [1.165, 1.54) is 9.47 Å². The van der Waals surface area contributed by atoms with Crippen molar-refractivity contribution >= 4 is 17.4 Å². The van der Waals surface area contributed by atoms with Gasteiger partial charge in [0.15, 0.2) is 5.69 Å². The molecule has 1 aromatic heterocycles. The lowest BCUT2D eigenvalue weighted by molar-refractivity contribution is -0.118. The summed E-state index contributed by atoms with van der Waals surface area (Å²) < 4.78 is 1.36. The number of carbonyl (C=O) groups is 1. The molecule has 34 heavy (non-hydrogen) atoms. The van der Waals surface area contributed by atoms with Crippen LogP contribution in [0.5, 0.6) is 0 Å². The molecule has 0 saturated carbocycles. The molecule has 0 unspecified atom stereocenters. The molecule has 0 aliphatic carbocycles. The number of H-pyrrole nitrogens is 1. The van der Waals surface area contributed by atoms with Crippen molar-refractivity contribution in [1.82, 2.24) is 9.55 Å². The topological polar surface area (TPSA) is 101 Å². The van der Waals surface area contributed by atoms with Gasteiger partial charge in [-0.2, -0.15) is 0 Å².